The van der Waals surface area contributed by atoms with Gasteiger partial charge in [0.15, 0.2) is 5.75 Å². The summed E-state index contributed by atoms with van der Waals surface area (Å²) in [6.07, 6.45) is 5.53. The van der Waals surface area contributed by atoms with Crippen LogP contribution in [0.4, 0.5) is 5.69 Å². The summed E-state index contributed by atoms with van der Waals surface area (Å²) in [7, 11) is 1.91. The van der Waals surface area contributed by atoms with Gasteiger partial charge in [-0.3, -0.25) is 4.98 Å². The first kappa shape index (κ1) is 9.31. The molecular weight excluding hydrogens is 176 g/mol. The zero-order valence-corrected chi connectivity index (χ0v) is 8.71. The summed E-state index contributed by atoms with van der Waals surface area (Å²) < 4.78 is 5.84. The van der Waals surface area contributed by atoms with Crippen molar-refractivity contribution in [3.8, 4) is 5.75 Å². The van der Waals surface area contributed by atoms with Gasteiger partial charge in [0, 0.05) is 13.2 Å². The Labute approximate surface area is 84.5 Å². The van der Waals surface area contributed by atoms with Gasteiger partial charge in [0.05, 0.1) is 17.5 Å². The largest absolute Gasteiger partial charge is 0.486 e. The van der Waals surface area contributed by atoms with Crippen molar-refractivity contribution in [3.05, 3.63) is 18.0 Å². The van der Waals surface area contributed by atoms with E-state index in [4.69, 9.17) is 4.74 Å². The van der Waals surface area contributed by atoms with E-state index in [2.05, 4.69) is 17.2 Å². The van der Waals surface area contributed by atoms with Crippen molar-refractivity contribution in [1.29, 1.82) is 0 Å². The summed E-state index contributed by atoms with van der Waals surface area (Å²) in [5.41, 5.74) is 2.09. The molecule has 14 heavy (non-hydrogen) atoms. The number of aromatic nitrogens is 1. The van der Waals surface area contributed by atoms with Crippen LogP contribution in [0.2, 0.25) is 0 Å². The van der Waals surface area contributed by atoms with Gasteiger partial charge >= 0.3 is 0 Å². The number of rotatable bonds is 4. The molecule has 1 saturated carbocycles. The Morgan fingerprint density at radius 3 is 2.93 bits per heavy atom. The molecule has 1 fully saturated rings. The van der Waals surface area contributed by atoms with Crippen molar-refractivity contribution in [2.75, 3.05) is 12.4 Å². The molecule has 76 valence electrons. The molecule has 1 aliphatic carbocycles. The topological polar surface area (TPSA) is 34.2 Å². The highest BCUT2D eigenvalue weighted by Crippen LogP contribution is 2.33. The van der Waals surface area contributed by atoms with Gasteiger partial charge in [-0.2, -0.15) is 0 Å². The van der Waals surface area contributed by atoms with Gasteiger partial charge < -0.3 is 10.1 Å². The molecule has 1 N–H and O–H groups in total. The van der Waals surface area contributed by atoms with Crippen LogP contribution >= 0.6 is 0 Å². The Bertz CT molecular complexity index is 299. The first-order chi connectivity index (χ1) is 6.85. The molecule has 3 nitrogen and oxygen atoms in total. The monoisotopic (exact) mass is 192 g/mol. The van der Waals surface area contributed by atoms with Crippen LogP contribution in [0.3, 0.4) is 0 Å². The number of pyridine rings is 1. The third-order valence-corrected chi connectivity index (χ3v) is 2.39. The normalized spacial score (nSPS) is 15.3. The number of nitrogens with one attached hydrogen (secondary N) is 1. The Kier molecular flexibility index (Phi) is 2.57. The van der Waals surface area contributed by atoms with Gasteiger partial charge in [0.1, 0.15) is 0 Å². The Hall–Kier alpha value is -1.25. The van der Waals surface area contributed by atoms with E-state index in [1.807, 2.05) is 19.3 Å². The Balaban J connectivity index is 2.29. The zero-order valence-electron chi connectivity index (χ0n) is 8.71. The summed E-state index contributed by atoms with van der Waals surface area (Å²) in [4.78, 5) is 4.32. The maximum Gasteiger partial charge on any atom is 0.164 e. The molecule has 0 bridgehead atoms. The lowest BCUT2D eigenvalue weighted by atomic mass is 10.2. The minimum absolute atomic E-state index is 0.427. The van der Waals surface area contributed by atoms with Crippen molar-refractivity contribution in [2.24, 2.45) is 0 Å². The fraction of sp³-hybridized carbons (Fsp3) is 0.545. The molecule has 1 heterocycles. The van der Waals surface area contributed by atoms with E-state index in [0.29, 0.717) is 6.10 Å². The number of anilines is 1. The summed E-state index contributed by atoms with van der Waals surface area (Å²) >= 11 is 0. The van der Waals surface area contributed by atoms with Crippen molar-refractivity contribution in [3.63, 3.8) is 0 Å². The van der Waals surface area contributed by atoms with Crippen LogP contribution in [-0.4, -0.2) is 18.1 Å². The third-order valence-electron chi connectivity index (χ3n) is 2.39. The minimum Gasteiger partial charge on any atom is -0.486 e. The van der Waals surface area contributed by atoms with E-state index >= 15 is 0 Å². The highest BCUT2D eigenvalue weighted by molar-refractivity contribution is 5.57. The van der Waals surface area contributed by atoms with E-state index < -0.39 is 0 Å². The average molecular weight is 192 g/mol. The van der Waals surface area contributed by atoms with Gasteiger partial charge in [-0.25, -0.2) is 0 Å². The van der Waals surface area contributed by atoms with E-state index in [1.165, 1.54) is 12.8 Å². The van der Waals surface area contributed by atoms with Crippen molar-refractivity contribution in [1.82, 2.24) is 4.98 Å². The summed E-state index contributed by atoms with van der Waals surface area (Å²) in [6, 6.07) is 1.96. The minimum atomic E-state index is 0.427. The summed E-state index contributed by atoms with van der Waals surface area (Å²) in [5.74, 6) is 0.944. The van der Waals surface area contributed by atoms with Crippen molar-refractivity contribution in [2.45, 2.75) is 32.3 Å². The second-order valence-corrected chi connectivity index (χ2v) is 3.56. The number of nitrogens with zero attached hydrogens (tertiary/aromatic N) is 1. The SMILES string of the molecule is CCc1nccc(NC)c1OC1CC1. The van der Waals surface area contributed by atoms with E-state index in [-0.39, 0.29) is 0 Å². The first-order valence-electron chi connectivity index (χ1n) is 5.17. The number of aryl methyl sites for hydroxylation is 1. The van der Waals surface area contributed by atoms with Crippen LogP contribution in [0.5, 0.6) is 5.75 Å². The quantitative estimate of drug-likeness (QED) is 0.794. The van der Waals surface area contributed by atoms with Gasteiger partial charge in [-0.1, -0.05) is 6.92 Å². The highest BCUT2D eigenvalue weighted by atomic mass is 16.5. The standard InChI is InChI=1S/C11H16N2O/c1-3-9-11(14-8-4-5-8)10(12-2)6-7-13-9/h6-8H,3-5H2,1-2H3,(H,12,13). The molecule has 0 aromatic carbocycles. The molecule has 3 heteroatoms. The first-order valence-corrected chi connectivity index (χ1v) is 5.17. The lowest BCUT2D eigenvalue weighted by Crippen LogP contribution is -2.04. The fourth-order valence-electron chi connectivity index (χ4n) is 1.42. The Morgan fingerprint density at radius 2 is 2.36 bits per heavy atom. The second kappa shape index (κ2) is 3.86. The van der Waals surface area contributed by atoms with Gasteiger partial charge in [0.25, 0.3) is 0 Å². The molecule has 1 aliphatic rings. The Morgan fingerprint density at radius 1 is 1.57 bits per heavy atom. The molecule has 0 atom stereocenters. The van der Waals surface area contributed by atoms with Gasteiger partial charge in [-0.15, -0.1) is 0 Å². The second-order valence-electron chi connectivity index (χ2n) is 3.56. The molecule has 0 aliphatic heterocycles. The molecular formula is C11H16N2O. The average Bonchev–Trinajstić information content (AvgIpc) is 3.02. The van der Waals surface area contributed by atoms with Crippen LogP contribution in [0, 0.1) is 0 Å². The lowest BCUT2D eigenvalue weighted by Gasteiger charge is -2.13. The summed E-state index contributed by atoms with van der Waals surface area (Å²) in [6.45, 7) is 2.10. The molecule has 0 radical (unpaired) electrons. The molecule has 0 spiro atoms. The van der Waals surface area contributed by atoms with Gasteiger partial charge in [0.2, 0.25) is 0 Å². The van der Waals surface area contributed by atoms with Crippen LogP contribution < -0.4 is 10.1 Å². The van der Waals surface area contributed by atoms with E-state index in [9.17, 15) is 0 Å². The molecule has 2 rings (SSSR count). The molecule has 0 saturated heterocycles. The van der Waals surface area contributed by atoms with Crippen LogP contribution in [0.1, 0.15) is 25.5 Å². The van der Waals surface area contributed by atoms with Crippen LogP contribution in [0.15, 0.2) is 12.3 Å². The maximum atomic E-state index is 5.84. The summed E-state index contributed by atoms with van der Waals surface area (Å²) in [5, 5.41) is 3.14. The number of hydrogen-bond donors (Lipinski definition) is 1. The highest BCUT2D eigenvalue weighted by Gasteiger charge is 2.25. The predicted octanol–water partition coefficient (Wildman–Crippen LogP) is 2.23. The van der Waals surface area contributed by atoms with E-state index in [1.54, 1.807) is 0 Å². The smallest absolute Gasteiger partial charge is 0.164 e. The van der Waals surface area contributed by atoms with E-state index in [0.717, 1.165) is 23.6 Å². The zero-order chi connectivity index (χ0) is 9.97. The molecule has 0 amide bonds. The van der Waals surface area contributed by atoms with Gasteiger partial charge in [-0.05, 0) is 25.3 Å². The predicted molar refractivity (Wildman–Crippen MR) is 56.8 cm³/mol. The molecule has 1 aromatic heterocycles. The lowest BCUT2D eigenvalue weighted by molar-refractivity contribution is 0.300. The van der Waals surface area contributed by atoms with Crippen molar-refractivity contribution >= 4 is 5.69 Å². The number of ether oxygens (including phenoxy) is 1. The third kappa shape index (κ3) is 1.81. The van der Waals surface area contributed by atoms with Crippen LogP contribution in [0.25, 0.3) is 0 Å². The van der Waals surface area contributed by atoms with Crippen LogP contribution in [-0.2, 0) is 6.42 Å². The molecule has 1 aromatic rings. The maximum absolute atomic E-state index is 5.84. The fourth-order valence-corrected chi connectivity index (χ4v) is 1.42. The van der Waals surface area contributed by atoms with Crippen molar-refractivity contribution < 1.29 is 4.74 Å². The molecule has 0 unspecified atom stereocenters. The number of hydrogen-bond acceptors (Lipinski definition) is 3.